The molecule has 0 saturated carbocycles. The van der Waals surface area contributed by atoms with Crippen LogP contribution in [0.5, 0.6) is 0 Å². The van der Waals surface area contributed by atoms with Crippen molar-refractivity contribution in [3.8, 4) is 0 Å². The normalized spacial score (nSPS) is 3.67. The second-order valence-corrected chi connectivity index (χ2v) is 0.519. The second kappa shape index (κ2) is 49.4. The monoisotopic (exact) mass is 178 g/mol. The van der Waals surface area contributed by atoms with Crippen molar-refractivity contribution in [2.75, 3.05) is 0 Å². The van der Waals surface area contributed by atoms with Gasteiger partial charge in [-0.1, -0.05) is 0 Å². The summed E-state index contributed by atoms with van der Waals surface area (Å²) in [7, 11) is 0. The average Bonchev–Trinajstić information content (AvgIpc) is 1.75. The quantitative estimate of drug-likeness (QED) is 0.450. The van der Waals surface area contributed by atoms with Crippen molar-refractivity contribution in [2.24, 2.45) is 0 Å². The molecular formula is C6H10O2Zn. The van der Waals surface area contributed by atoms with Gasteiger partial charge in [0, 0.05) is 6.92 Å². The second-order valence-electron chi connectivity index (χ2n) is 0.519. The van der Waals surface area contributed by atoms with E-state index in [4.69, 9.17) is 9.90 Å². The summed E-state index contributed by atoms with van der Waals surface area (Å²) in [5.41, 5.74) is 0. The third-order valence-electron chi connectivity index (χ3n) is 0. The van der Waals surface area contributed by atoms with Crippen molar-refractivity contribution in [1.29, 1.82) is 0 Å². The smallest absolute Gasteiger partial charge is 0.521 e. The van der Waals surface area contributed by atoms with E-state index in [0.717, 1.165) is 6.92 Å². The van der Waals surface area contributed by atoms with E-state index >= 15 is 0 Å². The number of carboxylic acid groups (broad SMARTS) is 1. The molecule has 0 saturated heterocycles. The predicted molar refractivity (Wildman–Crippen MR) is 33.2 cm³/mol. The van der Waals surface area contributed by atoms with Crippen LogP contribution in [0.4, 0.5) is 0 Å². The van der Waals surface area contributed by atoms with Crippen LogP contribution in [0.1, 0.15) is 6.92 Å². The summed E-state index contributed by atoms with van der Waals surface area (Å²) >= 11 is 0. The minimum Gasteiger partial charge on any atom is -0.521 e. The van der Waals surface area contributed by atoms with Crippen LogP contribution >= 0.6 is 0 Å². The molecule has 0 fully saturated rings. The molecule has 0 unspecified atom stereocenters. The van der Waals surface area contributed by atoms with Crippen LogP contribution in [0, 0.1) is 13.2 Å². The molecule has 0 aliphatic rings. The van der Waals surface area contributed by atoms with E-state index in [0.29, 0.717) is 0 Å². The Hall–Kier alpha value is -0.427. The van der Waals surface area contributed by atoms with Gasteiger partial charge in [0.25, 0.3) is 5.97 Å². The molecule has 0 spiro atoms. The van der Waals surface area contributed by atoms with E-state index in [1.165, 1.54) is 0 Å². The Bertz CT molecular complexity index is 49.0. The predicted octanol–water partition coefficient (Wildman–Crippen LogP) is 1.30. The number of hydrogen-bond acceptors (Lipinski definition) is 1. The molecule has 0 atom stereocenters. The summed E-state index contributed by atoms with van der Waals surface area (Å²) in [5.74, 6) is -0.833. The van der Waals surface area contributed by atoms with Crippen LogP contribution in [0.2, 0.25) is 0 Å². The molecule has 9 heavy (non-hydrogen) atoms. The summed E-state index contributed by atoms with van der Waals surface area (Å²) in [6.07, 6.45) is 0. The standard InChI is InChI=1S/C2H4O2.2C2H3.Zn/c1-2(3)4;2*1-2;/h1H3,(H,3,4);2*1H,2H2;/q;2*-1;+2. The number of carbonyl (C=O) groups is 1. The van der Waals surface area contributed by atoms with E-state index in [-0.39, 0.29) is 19.5 Å². The summed E-state index contributed by atoms with van der Waals surface area (Å²) in [6, 6.07) is 0. The largest absolute Gasteiger partial charge is 2.00 e. The molecule has 0 rings (SSSR count). The Morgan fingerprint density at radius 3 is 1.33 bits per heavy atom. The van der Waals surface area contributed by atoms with Crippen LogP contribution in [0.25, 0.3) is 0 Å². The number of carboxylic acids is 1. The van der Waals surface area contributed by atoms with Gasteiger partial charge in [-0.2, -0.15) is 0 Å². The van der Waals surface area contributed by atoms with Gasteiger partial charge in [0.05, 0.1) is 0 Å². The van der Waals surface area contributed by atoms with Crippen LogP contribution in [-0.4, -0.2) is 11.1 Å². The summed E-state index contributed by atoms with van der Waals surface area (Å²) in [4.78, 5) is 9.00. The molecule has 0 aliphatic heterocycles. The Labute approximate surface area is 69.0 Å². The summed E-state index contributed by atoms with van der Waals surface area (Å²) in [6.45, 7) is 15.1. The topological polar surface area (TPSA) is 37.3 Å². The van der Waals surface area contributed by atoms with E-state index in [9.17, 15) is 0 Å². The van der Waals surface area contributed by atoms with Gasteiger partial charge in [0.1, 0.15) is 0 Å². The van der Waals surface area contributed by atoms with Gasteiger partial charge in [-0.15, -0.1) is 0 Å². The average molecular weight is 180 g/mol. The fourth-order valence-electron chi connectivity index (χ4n) is 0. The SMILES string of the molecule is CC(=O)O.[CH-]=C.[CH-]=C.[Zn+2]. The molecular weight excluding hydrogens is 169 g/mol. The maximum absolute atomic E-state index is 9.00. The van der Waals surface area contributed by atoms with Crippen LogP contribution in [-0.2, 0) is 24.3 Å². The number of aliphatic carboxylic acids is 1. The number of hydrogen-bond donors (Lipinski definition) is 1. The molecule has 0 aliphatic carbocycles. The van der Waals surface area contributed by atoms with Gasteiger partial charge >= 0.3 is 19.5 Å². The minimum absolute atomic E-state index is 0. The molecule has 2 nitrogen and oxygen atoms in total. The van der Waals surface area contributed by atoms with E-state index in [2.05, 4.69) is 26.3 Å². The van der Waals surface area contributed by atoms with E-state index in [1.807, 2.05) is 0 Å². The van der Waals surface area contributed by atoms with Crippen molar-refractivity contribution in [3.63, 3.8) is 0 Å². The molecule has 3 heteroatoms. The van der Waals surface area contributed by atoms with Crippen LogP contribution < -0.4 is 0 Å². The minimum atomic E-state index is -0.833. The van der Waals surface area contributed by atoms with Crippen LogP contribution in [0.3, 0.4) is 0 Å². The Balaban J connectivity index is -0.0000000221. The maximum Gasteiger partial charge on any atom is 2.00 e. The van der Waals surface area contributed by atoms with Crippen molar-refractivity contribution in [1.82, 2.24) is 0 Å². The molecule has 1 N–H and O–H groups in total. The Morgan fingerprint density at radius 2 is 1.33 bits per heavy atom. The summed E-state index contributed by atoms with van der Waals surface area (Å²) in [5, 5.41) is 7.42. The third-order valence-corrected chi connectivity index (χ3v) is 0. The molecule has 0 aromatic carbocycles. The molecule has 0 bridgehead atoms. The first kappa shape index (κ1) is 23.5. The van der Waals surface area contributed by atoms with Gasteiger partial charge in [-0.3, -0.25) is 18.0 Å². The zero-order valence-corrected chi connectivity index (χ0v) is 8.60. The maximum atomic E-state index is 9.00. The third kappa shape index (κ3) is 1290. The van der Waals surface area contributed by atoms with Gasteiger partial charge < -0.3 is 18.3 Å². The molecule has 0 aromatic heterocycles. The van der Waals surface area contributed by atoms with Crippen molar-refractivity contribution in [3.05, 3.63) is 26.3 Å². The zero-order valence-electron chi connectivity index (χ0n) is 5.63. The molecule has 0 aromatic rings. The molecule has 0 heterocycles. The fourth-order valence-corrected chi connectivity index (χ4v) is 0. The van der Waals surface area contributed by atoms with E-state index in [1.54, 1.807) is 0 Å². The van der Waals surface area contributed by atoms with Gasteiger partial charge in [-0.25, -0.2) is 0 Å². The van der Waals surface area contributed by atoms with Gasteiger partial charge in [-0.05, 0) is 0 Å². The van der Waals surface area contributed by atoms with Crippen molar-refractivity contribution in [2.45, 2.75) is 6.92 Å². The molecule has 0 amide bonds. The fraction of sp³-hybridized carbons (Fsp3) is 0.167. The number of rotatable bonds is 0. The molecule has 0 radical (unpaired) electrons. The summed E-state index contributed by atoms with van der Waals surface area (Å²) < 4.78 is 0. The van der Waals surface area contributed by atoms with Gasteiger partial charge in [0.15, 0.2) is 0 Å². The van der Waals surface area contributed by atoms with Crippen LogP contribution in [0.15, 0.2) is 13.2 Å². The van der Waals surface area contributed by atoms with E-state index < -0.39 is 5.97 Å². The first-order chi connectivity index (χ1) is 3.73. The van der Waals surface area contributed by atoms with Crippen molar-refractivity contribution < 1.29 is 29.4 Å². The first-order valence-corrected chi connectivity index (χ1v) is 1.74. The zero-order chi connectivity index (χ0) is 7.58. The molecule has 48 valence electrons. The van der Waals surface area contributed by atoms with Crippen molar-refractivity contribution >= 4 is 5.97 Å². The van der Waals surface area contributed by atoms with Gasteiger partial charge in [0.2, 0.25) is 0 Å². The Kier molecular flexibility index (Phi) is 129. The first-order valence-electron chi connectivity index (χ1n) is 1.74. The Morgan fingerprint density at radius 1 is 1.33 bits per heavy atom.